The van der Waals surface area contributed by atoms with E-state index in [2.05, 4.69) is 75.3 Å². The van der Waals surface area contributed by atoms with Crippen LogP contribution in [-0.4, -0.2) is 41.6 Å². The first-order chi connectivity index (χ1) is 17.2. The molecule has 180 valence electrons. The van der Waals surface area contributed by atoms with Crippen LogP contribution in [0.5, 0.6) is 5.75 Å². The van der Waals surface area contributed by atoms with E-state index in [1.807, 2.05) is 0 Å². The zero-order chi connectivity index (χ0) is 23.5. The van der Waals surface area contributed by atoms with Gasteiger partial charge in [-0.25, -0.2) is 0 Å². The molecule has 5 nitrogen and oxygen atoms in total. The van der Waals surface area contributed by atoms with Crippen molar-refractivity contribution in [2.24, 2.45) is 11.8 Å². The molecule has 0 radical (unpaired) electrons. The Kier molecular flexibility index (Phi) is 5.04. The maximum atomic E-state index is 5.52. The van der Waals surface area contributed by atoms with Gasteiger partial charge in [-0.1, -0.05) is 24.3 Å². The molecule has 5 heterocycles. The number of rotatable bonds is 4. The molecule has 4 aromatic rings. The van der Waals surface area contributed by atoms with E-state index >= 15 is 0 Å². The van der Waals surface area contributed by atoms with Gasteiger partial charge in [0.15, 0.2) is 0 Å². The van der Waals surface area contributed by atoms with Gasteiger partial charge in [0.25, 0.3) is 0 Å². The first-order valence-corrected chi connectivity index (χ1v) is 13.1. The van der Waals surface area contributed by atoms with Crippen molar-refractivity contribution in [3.05, 3.63) is 77.6 Å². The number of aromatic nitrogens is 2. The fourth-order valence-electron chi connectivity index (χ4n) is 7.19. The van der Waals surface area contributed by atoms with Gasteiger partial charge in [0.1, 0.15) is 5.75 Å². The number of H-pyrrole nitrogens is 2. The SMILES string of the molecule is C=C[C@H]1CN2CCc3c([nH]c4ccc(OC)cc34)[C@@H]2C[C@@H]1C[C@@H]1NCCc2c1[nH]c1ccccc21. The van der Waals surface area contributed by atoms with Gasteiger partial charge in [0, 0.05) is 52.3 Å². The van der Waals surface area contributed by atoms with Crippen molar-refractivity contribution < 1.29 is 4.74 Å². The maximum Gasteiger partial charge on any atom is 0.119 e. The maximum absolute atomic E-state index is 5.52. The molecule has 7 rings (SSSR count). The quantitative estimate of drug-likeness (QED) is 0.340. The summed E-state index contributed by atoms with van der Waals surface area (Å²) in [6.45, 7) is 7.53. The molecule has 5 heteroatoms. The Hall–Kier alpha value is -3.02. The molecule has 2 aromatic carbocycles. The van der Waals surface area contributed by atoms with Gasteiger partial charge in [0.05, 0.1) is 13.2 Å². The van der Waals surface area contributed by atoms with Crippen molar-refractivity contribution in [1.82, 2.24) is 20.2 Å². The second-order valence-corrected chi connectivity index (χ2v) is 10.6. The molecule has 0 amide bonds. The summed E-state index contributed by atoms with van der Waals surface area (Å²) in [6, 6.07) is 16.0. The Labute approximate surface area is 206 Å². The second-order valence-electron chi connectivity index (χ2n) is 10.6. The number of hydrogen-bond donors (Lipinski definition) is 3. The molecule has 3 aliphatic rings. The van der Waals surface area contributed by atoms with Gasteiger partial charge in [-0.05, 0) is 79.5 Å². The fourth-order valence-corrected chi connectivity index (χ4v) is 7.19. The van der Waals surface area contributed by atoms with Crippen LogP contribution in [0.25, 0.3) is 21.8 Å². The van der Waals surface area contributed by atoms with Gasteiger partial charge < -0.3 is 20.0 Å². The second kappa shape index (κ2) is 8.28. The van der Waals surface area contributed by atoms with Crippen molar-refractivity contribution in [1.29, 1.82) is 0 Å². The number of benzene rings is 2. The van der Waals surface area contributed by atoms with Crippen LogP contribution in [-0.2, 0) is 12.8 Å². The predicted octanol–water partition coefficient (Wildman–Crippen LogP) is 5.66. The minimum atomic E-state index is 0.375. The van der Waals surface area contributed by atoms with Gasteiger partial charge in [-0.15, -0.1) is 6.58 Å². The standard InChI is InChI=1S/C30H34N4O/c1-3-18-17-34-13-11-23-24-16-20(35-2)8-9-26(24)33-30(23)28(34)15-19(18)14-27-29-22(10-12-31-27)21-6-4-5-7-25(21)32-29/h3-9,16,18-19,27-28,31-33H,1,10-15,17H2,2H3/t18-,19-,27-,28-/m0/s1. The van der Waals surface area contributed by atoms with Crippen LogP contribution in [0, 0.1) is 11.8 Å². The van der Waals surface area contributed by atoms with E-state index < -0.39 is 0 Å². The van der Waals surface area contributed by atoms with E-state index in [9.17, 15) is 0 Å². The minimum absolute atomic E-state index is 0.375. The highest BCUT2D eigenvalue weighted by Crippen LogP contribution is 2.46. The minimum Gasteiger partial charge on any atom is -0.497 e. The molecule has 35 heavy (non-hydrogen) atoms. The zero-order valence-electron chi connectivity index (χ0n) is 20.4. The van der Waals surface area contributed by atoms with E-state index in [1.54, 1.807) is 7.11 Å². The Morgan fingerprint density at radius 2 is 1.86 bits per heavy atom. The molecule has 1 fully saturated rings. The first-order valence-electron chi connectivity index (χ1n) is 13.1. The lowest BCUT2D eigenvalue weighted by atomic mass is 9.75. The van der Waals surface area contributed by atoms with Gasteiger partial charge in [-0.2, -0.15) is 0 Å². The smallest absolute Gasteiger partial charge is 0.119 e. The number of methoxy groups -OCH3 is 1. The molecule has 0 aliphatic carbocycles. The van der Waals surface area contributed by atoms with Crippen LogP contribution in [0.4, 0.5) is 0 Å². The van der Waals surface area contributed by atoms with E-state index in [4.69, 9.17) is 4.74 Å². The lowest BCUT2D eigenvalue weighted by Crippen LogP contribution is -2.46. The van der Waals surface area contributed by atoms with Crippen LogP contribution in [0.2, 0.25) is 0 Å². The number of nitrogens with zero attached hydrogens (tertiary/aromatic N) is 1. The van der Waals surface area contributed by atoms with Crippen LogP contribution < -0.4 is 10.1 Å². The summed E-state index contributed by atoms with van der Waals surface area (Å²) in [7, 11) is 1.75. The zero-order valence-corrected chi connectivity index (χ0v) is 20.4. The molecule has 3 N–H and O–H groups in total. The highest BCUT2D eigenvalue weighted by molar-refractivity contribution is 5.87. The van der Waals surface area contributed by atoms with Gasteiger partial charge in [0.2, 0.25) is 0 Å². The Balaban J connectivity index is 1.21. The normalized spacial score (nSPS) is 26.3. The molecular weight excluding hydrogens is 432 g/mol. The van der Waals surface area contributed by atoms with Crippen molar-refractivity contribution in [2.45, 2.75) is 37.8 Å². The number of fused-ring (bicyclic) bond motifs is 8. The number of piperidine rings is 1. The van der Waals surface area contributed by atoms with E-state index in [0.717, 1.165) is 44.6 Å². The molecule has 0 saturated carbocycles. The average molecular weight is 467 g/mol. The van der Waals surface area contributed by atoms with Crippen LogP contribution >= 0.6 is 0 Å². The van der Waals surface area contributed by atoms with E-state index in [1.165, 1.54) is 50.7 Å². The Morgan fingerprint density at radius 3 is 2.74 bits per heavy atom. The summed E-state index contributed by atoms with van der Waals surface area (Å²) in [5, 5.41) is 6.58. The van der Waals surface area contributed by atoms with Crippen molar-refractivity contribution in [2.75, 3.05) is 26.7 Å². The highest BCUT2D eigenvalue weighted by Gasteiger charge is 2.40. The molecule has 1 saturated heterocycles. The average Bonchev–Trinajstić information content (AvgIpc) is 3.47. The monoisotopic (exact) mass is 466 g/mol. The number of para-hydroxylation sites is 1. The highest BCUT2D eigenvalue weighted by atomic mass is 16.5. The summed E-state index contributed by atoms with van der Waals surface area (Å²) < 4.78 is 5.52. The molecular formula is C30H34N4O. The van der Waals surface area contributed by atoms with Crippen LogP contribution in [0.1, 0.15) is 47.4 Å². The Bertz CT molecular complexity index is 1410. The van der Waals surface area contributed by atoms with Crippen molar-refractivity contribution in [3.63, 3.8) is 0 Å². The van der Waals surface area contributed by atoms with Crippen molar-refractivity contribution in [3.8, 4) is 5.75 Å². The summed E-state index contributed by atoms with van der Waals surface area (Å²) in [5.74, 6) is 2.05. The first kappa shape index (κ1) is 21.3. The number of hydrogen-bond acceptors (Lipinski definition) is 3. The van der Waals surface area contributed by atoms with Crippen molar-refractivity contribution >= 4 is 21.8 Å². The molecule has 0 unspecified atom stereocenters. The number of nitrogens with one attached hydrogen (secondary N) is 3. The predicted molar refractivity (Wildman–Crippen MR) is 142 cm³/mol. The number of ether oxygens (including phenoxy) is 1. The summed E-state index contributed by atoms with van der Waals surface area (Å²) >= 11 is 0. The van der Waals surface area contributed by atoms with Gasteiger partial charge >= 0.3 is 0 Å². The fraction of sp³-hybridized carbons (Fsp3) is 0.400. The third-order valence-corrected chi connectivity index (χ3v) is 8.95. The molecule has 0 spiro atoms. The summed E-state index contributed by atoms with van der Waals surface area (Å²) in [4.78, 5) is 10.3. The van der Waals surface area contributed by atoms with Crippen LogP contribution in [0.15, 0.2) is 55.1 Å². The molecule has 2 aromatic heterocycles. The third kappa shape index (κ3) is 3.36. The summed E-state index contributed by atoms with van der Waals surface area (Å²) in [5.41, 5.74) is 8.34. The van der Waals surface area contributed by atoms with E-state index in [-0.39, 0.29) is 0 Å². The lowest BCUT2D eigenvalue weighted by molar-refractivity contribution is 0.0623. The lowest BCUT2D eigenvalue weighted by Gasteiger charge is -2.46. The molecule has 4 atom stereocenters. The molecule has 0 bridgehead atoms. The third-order valence-electron chi connectivity index (χ3n) is 8.95. The summed E-state index contributed by atoms with van der Waals surface area (Å²) in [6.07, 6.45) is 6.73. The van der Waals surface area contributed by atoms with Gasteiger partial charge in [-0.3, -0.25) is 4.90 Å². The van der Waals surface area contributed by atoms with E-state index in [0.29, 0.717) is 23.9 Å². The topological polar surface area (TPSA) is 56.1 Å². The molecule has 3 aliphatic heterocycles. The Morgan fingerprint density at radius 1 is 1.03 bits per heavy atom. The number of aromatic amines is 2. The van der Waals surface area contributed by atoms with Crippen LogP contribution in [0.3, 0.4) is 0 Å². The largest absolute Gasteiger partial charge is 0.497 e.